The molecule has 0 spiro atoms. The van der Waals surface area contributed by atoms with Gasteiger partial charge in [-0.1, -0.05) is 86.8 Å². The Morgan fingerprint density at radius 1 is 0.667 bits per heavy atom. The van der Waals surface area contributed by atoms with Gasteiger partial charge in [-0.25, -0.2) is 0 Å². The maximum absolute atomic E-state index is 11.5. The molecule has 27 heavy (non-hydrogen) atoms. The van der Waals surface area contributed by atoms with Crippen LogP contribution in [0.15, 0.2) is 72.9 Å². The molecule has 0 aliphatic heterocycles. The van der Waals surface area contributed by atoms with Crippen LogP contribution in [0.2, 0.25) is 0 Å². The molecule has 0 aliphatic rings. The van der Waals surface area contributed by atoms with E-state index in [2.05, 4.69) is 79.8 Å². The van der Waals surface area contributed by atoms with Gasteiger partial charge in [0.15, 0.2) is 0 Å². The van der Waals surface area contributed by atoms with Crippen molar-refractivity contribution in [3.05, 3.63) is 72.9 Å². The van der Waals surface area contributed by atoms with Crippen LogP contribution in [0.5, 0.6) is 0 Å². The van der Waals surface area contributed by atoms with Crippen molar-refractivity contribution in [3.8, 4) is 0 Å². The lowest BCUT2D eigenvalue weighted by atomic mass is 10.1. The Morgan fingerprint density at radius 2 is 1.04 bits per heavy atom. The molecule has 0 aromatic carbocycles. The molecule has 0 saturated heterocycles. The summed E-state index contributed by atoms with van der Waals surface area (Å²) >= 11 is 0. The molecule has 1 atom stereocenters. The third-order valence-electron chi connectivity index (χ3n) is 3.78. The normalized spacial score (nSPS) is 14.0. The first-order chi connectivity index (χ1) is 13.2. The molecule has 0 amide bonds. The molecule has 0 heterocycles. The fourth-order valence-corrected chi connectivity index (χ4v) is 2.20. The first kappa shape index (κ1) is 24.9. The second-order valence-electron chi connectivity index (χ2n) is 6.30. The molecule has 0 bridgehead atoms. The van der Waals surface area contributed by atoms with Crippen molar-refractivity contribution >= 4 is 5.97 Å². The van der Waals surface area contributed by atoms with Crippen molar-refractivity contribution < 1.29 is 9.53 Å². The minimum atomic E-state index is -0.114. The lowest BCUT2D eigenvalue weighted by Crippen LogP contribution is -2.13. The van der Waals surface area contributed by atoms with E-state index in [4.69, 9.17) is 4.74 Å². The summed E-state index contributed by atoms with van der Waals surface area (Å²) in [6.45, 7) is 6.34. The summed E-state index contributed by atoms with van der Waals surface area (Å²) in [6, 6.07) is 0. The van der Waals surface area contributed by atoms with E-state index in [1.54, 1.807) is 0 Å². The number of ether oxygens (including phenoxy) is 1. The summed E-state index contributed by atoms with van der Waals surface area (Å²) in [5.74, 6) is -0.174. The summed E-state index contributed by atoms with van der Waals surface area (Å²) < 4.78 is 4.99. The molecule has 0 aliphatic carbocycles. The average Bonchev–Trinajstić information content (AvgIpc) is 2.67. The van der Waals surface area contributed by atoms with Crippen molar-refractivity contribution in [2.75, 3.05) is 6.61 Å². The molecule has 2 nitrogen and oxygen atoms in total. The Bertz CT molecular complexity index is 518. The second-order valence-corrected chi connectivity index (χ2v) is 6.30. The van der Waals surface area contributed by atoms with E-state index in [-0.39, 0.29) is 11.9 Å². The second kappa shape index (κ2) is 20.2. The fourth-order valence-electron chi connectivity index (χ4n) is 2.20. The first-order valence-electron chi connectivity index (χ1n) is 10.3. The topological polar surface area (TPSA) is 26.3 Å². The van der Waals surface area contributed by atoms with Crippen LogP contribution in [0, 0.1) is 5.92 Å². The highest BCUT2D eigenvalue weighted by molar-refractivity contribution is 5.72. The van der Waals surface area contributed by atoms with Crippen LogP contribution >= 0.6 is 0 Å². The third-order valence-corrected chi connectivity index (χ3v) is 3.78. The quantitative estimate of drug-likeness (QED) is 0.224. The van der Waals surface area contributed by atoms with E-state index in [1.165, 1.54) is 0 Å². The van der Waals surface area contributed by atoms with Crippen LogP contribution in [-0.2, 0) is 9.53 Å². The molecule has 0 aromatic rings. The standard InChI is InChI=1S/C25H38O2/c1-4-6-7-8-9-10-11-12-13-14-15-16-17-18-19-20-21-22-23-24(3)25(26)27-5-2/h6-7,9-10,12-13,15-16,18-19,21-22,24H,4-5,8,11,14,17,20,23H2,1-3H3/b7-6-,10-9?,13-12?,16-15?,19-18?,22-21?. The molecule has 0 aromatic heterocycles. The van der Waals surface area contributed by atoms with Gasteiger partial charge in [0.25, 0.3) is 0 Å². The summed E-state index contributed by atoms with van der Waals surface area (Å²) in [5.41, 5.74) is 0. The summed E-state index contributed by atoms with van der Waals surface area (Å²) in [6.07, 6.45) is 32.9. The zero-order valence-corrected chi connectivity index (χ0v) is 17.5. The minimum Gasteiger partial charge on any atom is -0.466 e. The van der Waals surface area contributed by atoms with E-state index < -0.39 is 0 Å². The maximum atomic E-state index is 11.5. The van der Waals surface area contributed by atoms with Gasteiger partial charge in [0.1, 0.15) is 0 Å². The van der Waals surface area contributed by atoms with Crippen LogP contribution in [0.3, 0.4) is 0 Å². The zero-order valence-electron chi connectivity index (χ0n) is 17.5. The number of rotatable bonds is 15. The van der Waals surface area contributed by atoms with Gasteiger partial charge in [-0.15, -0.1) is 0 Å². The van der Waals surface area contributed by atoms with Crippen LogP contribution in [0.1, 0.15) is 65.7 Å². The number of esters is 1. The Balaban J connectivity index is 3.65. The van der Waals surface area contributed by atoms with E-state index in [1.807, 2.05) is 13.8 Å². The molecular weight excluding hydrogens is 332 g/mol. The lowest BCUT2D eigenvalue weighted by molar-refractivity contribution is -0.147. The Hall–Kier alpha value is -2.09. The van der Waals surface area contributed by atoms with Crippen molar-refractivity contribution in [1.82, 2.24) is 0 Å². The molecular formula is C25H38O2. The van der Waals surface area contributed by atoms with E-state index in [0.717, 1.165) is 44.9 Å². The number of carbonyl (C=O) groups is 1. The zero-order chi connectivity index (χ0) is 20.0. The van der Waals surface area contributed by atoms with Crippen molar-refractivity contribution in [1.29, 1.82) is 0 Å². The maximum Gasteiger partial charge on any atom is 0.308 e. The number of allylic oxidation sites excluding steroid dienone is 12. The predicted molar refractivity (Wildman–Crippen MR) is 119 cm³/mol. The molecule has 2 heteroatoms. The number of hydrogen-bond acceptors (Lipinski definition) is 2. The average molecular weight is 371 g/mol. The Labute approximate surface area is 167 Å². The monoisotopic (exact) mass is 370 g/mol. The van der Waals surface area contributed by atoms with Gasteiger partial charge in [-0.3, -0.25) is 4.79 Å². The Kier molecular flexibility index (Phi) is 18.7. The smallest absolute Gasteiger partial charge is 0.308 e. The van der Waals surface area contributed by atoms with Crippen LogP contribution in [0.4, 0.5) is 0 Å². The highest BCUT2D eigenvalue weighted by atomic mass is 16.5. The van der Waals surface area contributed by atoms with Crippen LogP contribution < -0.4 is 0 Å². The van der Waals surface area contributed by atoms with E-state index >= 15 is 0 Å². The minimum absolute atomic E-state index is 0.0606. The highest BCUT2D eigenvalue weighted by Crippen LogP contribution is 2.06. The molecule has 0 N–H and O–H groups in total. The van der Waals surface area contributed by atoms with Gasteiger partial charge in [0, 0.05) is 0 Å². The summed E-state index contributed by atoms with van der Waals surface area (Å²) in [5, 5.41) is 0. The van der Waals surface area contributed by atoms with Gasteiger partial charge in [-0.2, -0.15) is 0 Å². The molecule has 1 unspecified atom stereocenters. The van der Waals surface area contributed by atoms with Gasteiger partial charge >= 0.3 is 5.97 Å². The number of hydrogen-bond donors (Lipinski definition) is 0. The molecule has 0 fully saturated rings. The highest BCUT2D eigenvalue weighted by Gasteiger charge is 2.10. The van der Waals surface area contributed by atoms with E-state index in [0.29, 0.717) is 6.61 Å². The van der Waals surface area contributed by atoms with Gasteiger partial charge in [-0.05, 0) is 51.9 Å². The molecule has 150 valence electrons. The summed E-state index contributed by atoms with van der Waals surface area (Å²) in [4.78, 5) is 11.5. The Morgan fingerprint density at radius 3 is 1.41 bits per heavy atom. The van der Waals surface area contributed by atoms with Gasteiger partial charge in [0.05, 0.1) is 12.5 Å². The van der Waals surface area contributed by atoms with Crippen LogP contribution in [0.25, 0.3) is 0 Å². The first-order valence-corrected chi connectivity index (χ1v) is 10.3. The lowest BCUT2D eigenvalue weighted by Gasteiger charge is -2.06. The molecule has 0 rings (SSSR count). The molecule has 0 saturated carbocycles. The third kappa shape index (κ3) is 18.5. The molecule has 0 radical (unpaired) electrons. The van der Waals surface area contributed by atoms with Crippen molar-refractivity contribution in [2.24, 2.45) is 5.92 Å². The van der Waals surface area contributed by atoms with E-state index in [9.17, 15) is 4.79 Å². The van der Waals surface area contributed by atoms with Crippen molar-refractivity contribution in [2.45, 2.75) is 65.7 Å². The van der Waals surface area contributed by atoms with Crippen LogP contribution in [-0.4, -0.2) is 12.6 Å². The largest absolute Gasteiger partial charge is 0.466 e. The SMILES string of the molecule is CC/C=C\CC=CCC=CCC=CCC=CCC=CCC(C)C(=O)OCC. The summed E-state index contributed by atoms with van der Waals surface area (Å²) in [7, 11) is 0. The fraction of sp³-hybridized carbons (Fsp3) is 0.480. The van der Waals surface area contributed by atoms with Gasteiger partial charge in [0.2, 0.25) is 0 Å². The predicted octanol–water partition coefficient (Wildman–Crippen LogP) is 7.27. The number of carbonyl (C=O) groups excluding carboxylic acids is 1. The van der Waals surface area contributed by atoms with Gasteiger partial charge < -0.3 is 4.74 Å². The van der Waals surface area contributed by atoms with Crippen molar-refractivity contribution in [3.63, 3.8) is 0 Å².